The van der Waals surface area contributed by atoms with Crippen molar-refractivity contribution in [3.63, 3.8) is 0 Å². The number of aliphatic hydroxyl groups excluding tert-OH is 1. The number of H-pyrrole nitrogens is 1. The number of aliphatic hydroxyl groups is 1. The third-order valence-corrected chi connectivity index (χ3v) is 8.14. The topological polar surface area (TPSA) is 117 Å². The van der Waals surface area contributed by atoms with E-state index >= 15 is 0 Å². The number of ether oxygens (including phenoxy) is 2. The van der Waals surface area contributed by atoms with E-state index in [1.54, 1.807) is 53.6 Å². The fourth-order valence-electron chi connectivity index (χ4n) is 5.43. The van der Waals surface area contributed by atoms with Crippen molar-refractivity contribution < 1.29 is 24.2 Å². The van der Waals surface area contributed by atoms with Crippen LogP contribution in [0.3, 0.4) is 0 Å². The lowest BCUT2D eigenvalue weighted by Gasteiger charge is -2.35. The Hall–Kier alpha value is -4.57. The van der Waals surface area contributed by atoms with Gasteiger partial charge in [-0.05, 0) is 84.3 Å². The normalized spacial score (nSPS) is 14.9. The van der Waals surface area contributed by atoms with Gasteiger partial charge in [0, 0.05) is 52.3 Å². The van der Waals surface area contributed by atoms with Crippen molar-refractivity contribution in [2.24, 2.45) is 0 Å². The minimum absolute atomic E-state index is 0.0827. The smallest absolute Gasteiger partial charge is 0.416 e. The van der Waals surface area contributed by atoms with Crippen molar-refractivity contribution in [1.82, 2.24) is 20.2 Å². The van der Waals surface area contributed by atoms with Crippen LogP contribution in [0.4, 0.5) is 4.79 Å². The molecule has 11 heteroatoms. The van der Waals surface area contributed by atoms with Crippen molar-refractivity contribution in [3.05, 3.63) is 124 Å². The summed E-state index contributed by atoms with van der Waals surface area (Å²) in [6, 6.07) is 24.5. The molecule has 45 heavy (non-hydrogen) atoms. The highest BCUT2D eigenvalue weighted by Gasteiger charge is 2.35. The molecule has 0 aliphatic carbocycles. The molecule has 1 aliphatic rings. The summed E-state index contributed by atoms with van der Waals surface area (Å²) in [4.78, 5) is 34.9. The van der Waals surface area contributed by atoms with Crippen molar-refractivity contribution in [1.29, 1.82) is 0 Å². The molecule has 1 aliphatic heterocycles. The molecule has 3 heterocycles. The highest BCUT2D eigenvalue weighted by molar-refractivity contribution is 6.31. The zero-order valence-electron chi connectivity index (χ0n) is 24.1. The average molecular weight is 646 g/mol. The summed E-state index contributed by atoms with van der Waals surface area (Å²) in [5, 5.41) is 15.2. The zero-order chi connectivity index (χ0) is 31.3. The molecule has 3 N–H and O–H groups in total. The first-order valence-corrected chi connectivity index (χ1v) is 15.3. The molecule has 2 atom stereocenters. The molecule has 0 bridgehead atoms. The third-order valence-electron chi connectivity index (χ3n) is 7.65. The van der Waals surface area contributed by atoms with Crippen LogP contribution in [0.15, 0.2) is 91.1 Å². The Labute approximate surface area is 269 Å². The molecule has 9 nitrogen and oxygen atoms in total. The molecule has 2 aromatic heterocycles. The molecule has 3 aromatic carbocycles. The van der Waals surface area contributed by atoms with Crippen LogP contribution in [0.2, 0.25) is 10.0 Å². The van der Waals surface area contributed by atoms with E-state index in [9.17, 15) is 14.7 Å². The van der Waals surface area contributed by atoms with E-state index in [0.717, 1.165) is 27.7 Å². The number of benzene rings is 3. The largest absolute Gasteiger partial charge is 0.493 e. The van der Waals surface area contributed by atoms with Crippen molar-refractivity contribution in [2.45, 2.75) is 25.0 Å². The molecule has 6 rings (SSSR count). The Kier molecular flexibility index (Phi) is 9.21. The lowest BCUT2D eigenvalue weighted by atomic mass is 9.92. The fraction of sp³-hybridized carbons (Fsp3) is 0.206. The Bertz CT molecular complexity index is 1800. The van der Waals surface area contributed by atoms with E-state index in [2.05, 4.69) is 15.3 Å². The van der Waals surface area contributed by atoms with Gasteiger partial charge in [0.05, 0.1) is 12.7 Å². The summed E-state index contributed by atoms with van der Waals surface area (Å²) in [5.74, 6) is 0.666. The van der Waals surface area contributed by atoms with Crippen LogP contribution < -0.4 is 14.8 Å². The van der Waals surface area contributed by atoms with Gasteiger partial charge in [0.25, 0.3) is 5.91 Å². The van der Waals surface area contributed by atoms with Gasteiger partial charge in [-0.15, -0.1) is 0 Å². The minimum atomic E-state index is -0.784. The molecule has 0 radical (unpaired) electrons. The predicted octanol–water partition coefficient (Wildman–Crippen LogP) is 6.58. The van der Waals surface area contributed by atoms with Gasteiger partial charge in [0.15, 0.2) is 0 Å². The van der Waals surface area contributed by atoms with Gasteiger partial charge in [-0.3, -0.25) is 14.7 Å². The first kappa shape index (κ1) is 30.5. The number of aromatic amines is 1. The molecular weight excluding hydrogens is 615 g/mol. The van der Waals surface area contributed by atoms with Gasteiger partial charge in [-0.2, -0.15) is 0 Å². The number of hydrogen-bond donors (Lipinski definition) is 3. The van der Waals surface area contributed by atoms with E-state index in [0.29, 0.717) is 46.6 Å². The van der Waals surface area contributed by atoms with E-state index in [1.807, 2.05) is 42.5 Å². The third kappa shape index (κ3) is 7.06. The molecule has 0 saturated carbocycles. The molecule has 5 aromatic rings. The van der Waals surface area contributed by atoms with Crippen LogP contribution in [-0.4, -0.2) is 57.8 Å². The van der Waals surface area contributed by atoms with E-state index in [1.165, 1.54) is 0 Å². The van der Waals surface area contributed by atoms with Crippen molar-refractivity contribution in [2.75, 3.05) is 19.7 Å². The summed E-state index contributed by atoms with van der Waals surface area (Å²) < 4.78 is 11.6. The maximum atomic E-state index is 13.5. The van der Waals surface area contributed by atoms with Crippen molar-refractivity contribution >= 4 is 46.1 Å². The number of fused-ring (bicyclic) bond motifs is 3. The van der Waals surface area contributed by atoms with Crippen LogP contribution in [0.5, 0.6) is 11.5 Å². The van der Waals surface area contributed by atoms with Crippen LogP contribution in [0.25, 0.3) is 10.9 Å². The average Bonchev–Trinajstić information content (AvgIpc) is 3.43. The maximum Gasteiger partial charge on any atom is 0.416 e. The van der Waals surface area contributed by atoms with Crippen LogP contribution in [0, 0.1) is 0 Å². The fourth-order valence-corrected chi connectivity index (χ4v) is 5.72. The lowest BCUT2D eigenvalue weighted by Crippen LogP contribution is -2.42. The molecule has 0 fully saturated rings. The number of pyridine rings is 1. The molecule has 0 spiro atoms. The number of rotatable bonds is 9. The summed E-state index contributed by atoms with van der Waals surface area (Å²) in [6.45, 7) is 0.770. The first-order valence-electron chi connectivity index (χ1n) is 14.5. The number of amides is 2. The second-order valence-corrected chi connectivity index (χ2v) is 11.5. The second kappa shape index (κ2) is 13.6. The van der Waals surface area contributed by atoms with E-state index in [-0.39, 0.29) is 19.1 Å². The van der Waals surface area contributed by atoms with Gasteiger partial charge in [-0.25, -0.2) is 4.79 Å². The molecule has 230 valence electrons. The molecule has 2 amide bonds. The number of carbonyl (C=O) groups is 2. The van der Waals surface area contributed by atoms with Gasteiger partial charge in [0.1, 0.15) is 23.2 Å². The zero-order valence-corrected chi connectivity index (χ0v) is 25.6. The van der Waals surface area contributed by atoms with Crippen LogP contribution in [-0.2, 0) is 6.42 Å². The van der Waals surface area contributed by atoms with Gasteiger partial charge in [-0.1, -0.05) is 41.4 Å². The maximum absolute atomic E-state index is 13.5. The number of halogens is 2. The first-order chi connectivity index (χ1) is 21.9. The quantitative estimate of drug-likeness (QED) is 0.167. The van der Waals surface area contributed by atoms with Crippen LogP contribution >= 0.6 is 23.2 Å². The Morgan fingerprint density at radius 2 is 1.76 bits per heavy atom. The second-order valence-electron chi connectivity index (χ2n) is 10.7. The van der Waals surface area contributed by atoms with Gasteiger partial charge >= 0.3 is 6.09 Å². The van der Waals surface area contributed by atoms with Crippen molar-refractivity contribution in [3.8, 4) is 11.5 Å². The van der Waals surface area contributed by atoms with E-state index in [4.69, 9.17) is 32.7 Å². The summed E-state index contributed by atoms with van der Waals surface area (Å²) in [5.41, 5.74) is 4.11. The highest BCUT2D eigenvalue weighted by Crippen LogP contribution is 2.40. The Morgan fingerprint density at radius 1 is 1.00 bits per heavy atom. The van der Waals surface area contributed by atoms with Gasteiger partial charge in [0.2, 0.25) is 0 Å². The number of nitrogens with one attached hydrogen (secondary N) is 2. The number of hydrogen-bond acceptors (Lipinski definition) is 6. The monoisotopic (exact) mass is 644 g/mol. The van der Waals surface area contributed by atoms with Gasteiger partial charge < -0.3 is 24.9 Å². The summed E-state index contributed by atoms with van der Waals surface area (Å²) >= 11 is 12.3. The summed E-state index contributed by atoms with van der Waals surface area (Å²) in [6.07, 6.45) is 1.23. The number of nitrogens with zero attached hydrogens (tertiary/aromatic N) is 2. The molecule has 1 unspecified atom stereocenters. The SMILES string of the molecule is O=C(NCC(O)CCOc1ccc([C@H]2c3[nH]c4ccc(Cl)cc4c3CCN2C(=O)Oc2ccc(Cl)cc2)cc1)c1ccccn1. The lowest BCUT2D eigenvalue weighted by molar-refractivity contribution is 0.0890. The van der Waals surface area contributed by atoms with Crippen LogP contribution in [0.1, 0.15) is 39.8 Å². The predicted molar refractivity (Wildman–Crippen MR) is 172 cm³/mol. The highest BCUT2D eigenvalue weighted by atomic mass is 35.5. The Balaban J connectivity index is 1.15. The minimum Gasteiger partial charge on any atom is -0.493 e. The Morgan fingerprint density at radius 3 is 2.51 bits per heavy atom. The number of aromatic nitrogens is 2. The molecule has 0 saturated heterocycles. The number of carbonyl (C=O) groups excluding carboxylic acids is 2. The standard InChI is InChI=1S/C34H30Cl2N4O5/c35-22-6-11-26(12-7-22)45-34(43)40-17-14-27-28-19-23(36)8-13-29(28)39-31(27)32(40)21-4-9-25(10-5-21)44-18-15-24(41)20-38-33(42)30-3-1-2-16-37-30/h1-13,16,19,24,32,39,41H,14-15,17-18,20H2,(H,38,42)/t24?,32-/m0/s1. The molecular formula is C34H30Cl2N4O5. The van der Waals surface area contributed by atoms with E-state index < -0.39 is 18.2 Å². The summed E-state index contributed by atoms with van der Waals surface area (Å²) in [7, 11) is 0.